The Morgan fingerprint density at radius 1 is 0.527 bits per heavy atom. The van der Waals surface area contributed by atoms with E-state index in [1.165, 1.54) is 36.7 Å². The zero-order valence-corrected chi connectivity index (χ0v) is 60.9. The predicted molar refractivity (Wildman–Crippen MR) is 406 cm³/mol. The first-order chi connectivity index (χ1) is 52.5. The molecule has 0 aliphatic heterocycles. The van der Waals surface area contributed by atoms with Crippen LogP contribution < -0.4 is 47.3 Å². The average molecular weight is 1600 g/mol. The Morgan fingerprint density at radius 3 is 1.33 bits per heavy atom. The van der Waals surface area contributed by atoms with Gasteiger partial charge in [-0.1, -0.05) is 190 Å². The summed E-state index contributed by atoms with van der Waals surface area (Å²) in [7, 11) is -6.26. The van der Waals surface area contributed by atoms with Crippen LogP contribution in [-0.2, 0) is 19.4 Å². The molecule has 12 aromatic rings. The first-order valence-corrected chi connectivity index (χ1v) is 36.8. The van der Waals surface area contributed by atoms with E-state index < -0.39 is 77.5 Å². The van der Waals surface area contributed by atoms with Crippen LogP contribution in [-0.4, -0.2) is 112 Å². The van der Waals surface area contributed by atoms with Gasteiger partial charge in [0, 0.05) is 46.5 Å². The summed E-state index contributed by atoms with van der Waals surface area (Å²) in [5, 5.41) is 9.71. The lowest BCUT2D eigenvalue weighted by Crippen LogP contribution is -2.54. The second kappa shape index (κ2) is 32.8. The summed E-state index contributed by atoms with van der Waals surface area (Å²) < 4.78 is 174. The van der Waals surface area contributed by atoms with Gasteiger partial charge in [0.2, 0.25) is 21.4 Å². The lowest BCUT2D eigenvalue weighted by Gasteiger charge is -2.24. The van der Waals surface area contributed by atoms with Crippen molar-refractivity contribution in [3.63, 3.8) is 0 Å². The highest BCUT2D eigenvalue weighted by Gasteiger charge is 2.67. The number of nitrogens with zero attached hydrogens (tertiary/aromatic N) is 8. The normalized spacial score (nSPS) is 12.7. The van der Waals surface area contributed by atoms with E-state index in [0.29, 0.717) is 71.9 Å². The number of halogens is 14. The molecular formula is C78H55B2Cl4F10N9O6S. The van der Waals surface area contributed by atoms with Crippen molar-refractivity contribution in [1.29, 1.82) is 5.26 Å². The average Bonchev–Trinajstić information content (AvgIpc) is 1.52. The predicted octanol–water partition coefficient (Wildman–Crippen LogP) is 14.9. The van der Waals surface area contributed by atoms with Crippen LogP contribution in [0.2, 0.25) is 20.1 Å². The molecule has 8 aromatic carbocycles. The van der Waals surface area contributed by atoms with Crippen LogP contribution in [0.5, 0.6) is 11.5 Å². The number of ketones is 1. The topological polar surface area (TPSA) is 188 Å². The van der Waals surface area contributed by atoms with Gasteiger partial charge in [0.25, 0.3) is 0 Å². The lowest BCUT2D eigenvalue weighted by molar-refractivity contribution is -0.278. The second-order valence-corrected chi connectivity index (χ2v) is 28.9. The molecule has 0 saturated carbocycles. The van der Waals surface area contributed by atoms with E-state index in [1.54, 1.807) is 53.8 Å². The molecule has 32 heteroatoms. The summed E-state index contributed by atoms with van der Waals surface area (Å²) in [5.41, 5.74) is 5.48. The highest BCUT2D eigenvalue weighted by atomic mass is 35.5. The van der Waals surface area contributed by atoms with Crippen molar-refractivity contribution >= 4 is 148 Å². The second-order valence-electron chi connectivity index (χ2n) is 25.3. The summed E-state index contributed by atoms with van der Waals surface area (Å²) in [4.78, 5) is 49.5. The highest BCUT2D eigenvalue weighted by molar-refractivity contribution is 7.93. The van der Waals surface area contributed by atoms with Gasteiger partial charge >= 0.3 is 37.2 Å². The van der Waals surface area contributed by atoms with E-state index in [4.69, 9.17) is 75.8 Å². The van der Waals surface area contributed by atoms with Crippen LogP contribution in [0, 0.1) is 17.9 Å². The number of Topliss-reactive ketones (excluding diaryl/α,β-unsaturated/α-hetero) is 1. The van der Waals surface area contributed by atoms with E-state index in [0.717, 1.165) is 0 Å². The fourth-order valence-corrected chi connectivity index (χ4v) is 14.5. The Kier molecular flexibility index (Phi) is 23.5. The number of aromatic nitrogens is 6. The summed E-state index contributed by atoms with van der Waals surface area (Å²) in [5.74, 6) is -9.05. The summed E-state index contributed by atoms with van der Waals surface area (Å²) in [6, 6.07) is 59.8. The molecule has 0 unspecified atom stereocenters. The van der Waals surface area contributed by atoms with Gasteiger partial charge in [-0.3, -0.25) is 24.5 Å². The third-order valence-electron chi connectivity index (χ3n) is 17.9. The fraction of sp³-hybridized carbons (Fsp3) is 0.179. The molecule has 0 aliphatic carbocycles. The minimum atomic E-state index is -6.45. The van der Waals surface area contributed by atoms with Crippen molar-refractivity contribution in [3.05, 3.63) is 260 Å². The smallest absolute Gasteiger partial charge is 0.469 e. The first-order valence-electron chi connectivity index (χ1n) is 33.7. The van der Waals surface area contributed by atoms with Crippen molar-refractivity contribution < 1.29 is 71.4 Å². The summed E-state index contributed by atoms with van der Waals surface area (Å²) in [6.45, 7) is 5.70. The Balaban J connectivity index is 1.17. The number of nitriles is 1. The van der Waals surface area contributed by atoms with E-state index in [-0.39, 0.29) is 116 Å². The Labute approximate surface area is 642 Å². The molecule has 0 radical (unpaired) electrons. The number of fused-ring (bicyclic) bond motifs is 3. The maximum absolute atomic E-state index is 13.9. The van der Waals surface area contributed by atoms with Gasteiger partial charge in [0.1, 0.15) is 40.4 Å². The van der Waals surface area contributed by atoms with Crippen LogP contribution in [0.3, 0.4) is 0 Å². The van der Waals surface area contributed by atoms with Gasteiger partial charge in [0.05, 0.1) is 85.7 Å². The van der Waals surface area contributed by atoms with Crippen molar-refractivity contribution in [3.8, 4) is 40.1 Å². The Morgan fingerprint density at radius 2 is 0.918 bits per heavy atom. The zero-order valence-electron chi connectivity index (χ0n) is 57.1. The van der Waals surface area contributed by atoms with E-state index in [1.807, 2.05) is 130 Å². The molecule has 0 saturated heterocycles. The summed E-state index contributed by atoms with van der Waals surface area (Å²) in [6.07, 6.45) is -10.5. The van der Waals surface area contributed by atoms with Crippen molar-refractivity contribution in [2.75, 3.05) is 25.5 Å². The molecule has 1 amide bonds. The fourth-order valence-electron chi connectivity index (χ4n) is 12.8. The number of carbonyl (C=O) groups excluding carboxylic acids is 2. The number of ether oxygens (including phenoxy) is 2. The number of benzene rings is 8. The molecule has 15 nitrogen and oxygen atoms in total. The number of nitrogens with one attached hydrogen (secondary N) is 1. The van der Waals surface area contributed by atoms with Crippen molar-refractivity contribution in [2.24, 2.45) is 0 Å². The minimum absolute atomic E-state index is 0.00528. The molecular weight excluding hydrogens is 1540 g/mol. The minimum Gasteiger partial charge on any atom is -0.494 e. The number of amides is 1. The SMILES string of the molecule is [C-]#[N+]/C(c1cnc2cc(Cl)c(Cl)cc2n1)=c1\c2c(-c3ccc(OCCCCC(=O)NCC(F)(F)C(F)(F)F)cc3)n(B(c3ccccc3)c3ccccc3)/c(=C(/C#N)c3cnc4cc(Cl)c(Cl)cc4n3)c2c(-c2ccc(OCCCCC(=O)CS(=O)(=O)C(F)(F)C(F)(F)F)cc2)n1B(c1ccccc1)c1ccccc1. The molecule has 0 fully saturated rings. The van der Waals surface area contributed by atoms with E-state index in [9.17, 15) is 73.7 Å². The number of sulfone groups is 1. The Bertz CT molecular complexity index is 5620. The number of hydrogen-bond acceptors (Lipinski definition) is 11. The van der Waals surface area contributed by atoms with Gasteiger partial charge < -0.3 is 23.7 Å². The number of rotatable bonds is 27. The molecule has 12 rings (SSSR count). The Hall–Kier alpha value is -10.7. The first kappa shape index (κ1) is 78.8. The molecule has 4 heterocycles. The maximum Gasteiger partial charge on any atom is 0.469 e. The van der Waals surface area contributed by atoms with E-state index >= 15 is 0 Å². The third kappa shape index (κ3) is 16.6. The molecule has 558 valence electrons. The zero-order chi connectivity index (χ0) is 78.5. The van der Waals surface area contributed by atoms with Crippen molar-refractivity contribution in [2.45, 2.75) is 62.1 Å². The molecule has 4 aromatic heterocycles. The van der Waals surface area contributed by atoms with Crippen LogP contribution in [0.15, 0.2) is 207 Å². The standard InChI is InChI=1S/C78H55B2Cl4F10N9O6S/c1-96-70(66-44-98-62-39-58(82)60(84)41-64(62)101-66)74-69-68(71(103(74)80(51-22-10-4-11-23-51)52-24-12-5-13-25-52)47-28-32-54(33-29-47)108-36-16-14-26-53(104)45-110(106,107)78(93,94)77(90,91)92)73(56(42-95)65-43-97-61-38-57(81)59(83)40-63(61)100-65)102(79(49-18-6-2-7-19-49)50-20-8-3-9-21-50)72(69)48-30-34-55(35-31-48)109-37-17-15-27-67(105)99-46-75(85,86)76(87,88)89/h2-13,18-25,28-35,38-41,43-44H,14-17,26-27,36-37,45-46H2,(H,99,105)/b73-56-,74-70+. The lowest BCUT2D eigenvalue weighted by atomic mass is 9.50. The molecule has 0 atom stereocenters. The maximum atomic E-state index is 13.9. The molecule has 1 N–H and O–H groups in total. The van der Waals surface area contributed by atoms with E-state index in [2.05, 4.69) is 10.9 Å². The molecule has 110 heavy (non-hydrogen) atoms. The molecule has 0 aliphatic rings. The van der Waals surface area contributed by atoms with Gasteiger partial charge in [-0.15, -0.1) is 0 Å². The quantitative estimate of drug-likeness (QED) is 0.0223. The molecule has 0 spiro atoms. The number of carbonyl (C=O) groups is 2. The van der Waals surface area contributed by atoms with Gasteiger partial charge in [-0.05, 0) is 110 Å². The van der Waals surface area contributed by atoms with Crippen LogP contribution in [0.4, 0.5) is 43.9 Å². The van der Waals surface area contributed by atoms with Crippen LogP contribution in [0.1, 0.15) is 49.9 Å². The van der Waals surface area contributed by atoms with Gasteiger partial charge in [-0.25, -0.2) is 18.2 Å². The van der Waals surface area contributed by atoms with Gasteiger partial charge in [-0.2, -0.15) is 49.2 Å². The van der Waals surface area contributed by atoms with Gasteiger partial charge in [0.15, 0.2) is 0 Å². The largest absolute Gasteiger partial charge is 0.494 e. The van der Waals surface area contributed by atoms with Crippen LogP contribution in [0.25, 0.3) is 71.5 Å². The number of hydrogen-bond donors (Lipinski definition) is 1. The number of alkyl halides is 10. The number of unbranched alkanes of at least 4 members (excludes halogenated alkanes) is 2. The highest BCUT2D eigenvalue weighted by Crippen LogP contribution is 2.42. The van der Waals surface area contributed by atoms with Crippen LogP contribution >= 0.6 is 46.4 Å². The summed E-state index contributed by atoms with van der Waals surface area (Å²) >= 11 is 26.6. The van der Waals surface area contributed by atoms with Crippen molar-refractivity contribution in [1.82, 2.24) is 34.2 Å². The molecule has 0 bridgehead atoms. The third-order valence-corrected chi connectivity index (χ3v) is 21.1. The monoisotopic (exact) mass is 1600 g/mol.